The molecular formula is C18H20N2O2. The Bertz CT molecular complexity index is 721. The minimum Gasteiger partial charge on any atom is -0.354 e. The molecule has 0 radical (unpaired) electrons. The van der Waals surface area contributed by atoms with Crippen molar-refractivity contribution in [1.82, 2.24) is 9.88 Å². The average Bonchev–Trinajstić information content (AvgIpc) is 2.55. The van der Waals surface area contributed by atoms with Crippen molar-refractivity contribution in [2.45, 2.75) is 31.7 Å². The molecule has 1 aliphatic rings. The second-order valence-electron chi connectivity index (χ2n) is 5.76. The number of nitrogens with one attached hydrogen (secondary N) is 1. The number of rotatable bonds is 4. The third kappa shape index (κ3) is 3.27. The molecule has 0 fully saturated rings. The van der Waals surface area contributed by atoms with Gasteiger partial charge in [-0.05, 0) is 36.5 Å². The van der Waals surface area contributed by atoms with E-state index >= 15 is 0 Å². The van der Waals surface area contributed by atoms with Gasteiger partial charge in [-0.15, -0.1) is 0 Å². The zero-order valence-corrected chi connectivity index (χ0v) is 12.5. The first-order valence-electron chi connectivity index (χ1n) is 7.74. The largest absolute Gasteiger partial charge is 0.354 e. The van der Waals surface area contributed by atoms with E-state index in [1.807, 2.05) is 0 Å². The van der Waals surface area contributed by atoms with E-state index in [1.165, 1.54) is 21.8 Å². The molecule has 1 aromatic carbocycles. The van der Waals surface area contributed by atoms with Gasteiger partial charge in [0.1, 0.15) is 6.54 Å². The Hall–Kier alpha value is -2.36. The fourth-order valence-electron chi connectivity index (χ4n) is 3.11. The van der Waals surface area contributed by atoms with Gasteiger partial charge in [-0.3, -0.25) is 9.59 Å². The number of nitrogens with zero attached hydrogens (tertiary/aromatic N) is 1. The van der Waals surface area contributed by atoms with Gasteiger partial charge in [0.25, 0.3) is 5.56 Å². The minimum absolute atomic E-state index is 0.0774. The number of pyridine rings is 1. The van der Waals surface area contributed by atoms with Crippen LogP contribution in [0.3, 0.4) is 0 Å². The van der Waals surface area contributed by atoms with E-state index in [0.717, 1.165) is 19.3 Å². The molecule has 1 N–H and O–H groups in total. The molecule has 0 saturated carbocycles. The van der Waals surface area contributed by atoms with Crippen LogP contribution in [0.5, 0.6) is 0 Å². The first-order chi connectivity index (χ1) is 10.7. The van der Waals surface area contributed by atoms with E-state index < -0.39 is 0 Å². The van der Waals surface area contributed by atoms with Crippen molar-refractivity contribution in [3.63, 3.8) is 0 Å². The Morgan fingerprint density at radius 3 is 2.86 bits per heavy atom. The molecule has 4 nitrogen and oxygen atoms in total. The second-order valence-corrected chi connectivity index (χ2v) is 5.76. The van der Waals surface area contributed by atoms with Gasteiger partial charge in [-0.25, -0.2) is 0 Å². The van der Waals surface area contributed by atoms with Crippen LogP contribution in [-0.4, -0.2) is 17.0 Å². The van der Waals surface area contributed by atoms with Crippen LogP contribution < -0.4 is 10.9 Å². The molecule has 1 atom stereocenters. The number of carbonyl (C=O) groups is 1. The molecule has 22 heavy (non-hydrogen) atoms. The lowest BCUT2D eigenvalue weighted by molar-refractivity contribution is -0.121. The Kier molecular flexibility index (Phi) is 4.37. The van der Waals surface area contributed by atoms with Gasteiger partial charge in [0.15, 0.2) is 0 Å². The summed E-state index contributed by atoms with van der Waals surface area (Å²) in [6, 6.07) is 13.4. The number of hydrogen-bond acceptors (Lipinski definition) is 2. The van der Waals surface area contributed by atoms with Crippen LogP contribution in [0.1, 0.15) is 29.9 Å². The Labute approximate surface area is 129 Å². The molecule has 0 saturated heterocycles. The summed E-state index contributed by atoms with van der Waals surface area (Å²) < 4.78 is 1.42. The third-order valence-electron chi connectivity index (χ3n) is 4.25. The molecular weight excluding hydrogens is 276 g/mol. The van der Waals surface area contributed by atoms with E-state index in [4.69, 9.17) is 0 Å². The van der Waals surface area contributed by atoms with Crippen molar-refractivity contribution in [3.8, 4) is 0 Å². The molecule has 1 unspecified atom stereocenters. The number of carbonyl (C=O) groups excluding carboxylic acids is 1. The molecule has 4 heteroatoms. The van der Waals surface area contributed by atoms with Crippen LogP contribution in [-0.2, 0) is 17.8 Å². The maximum atomic E-state index is 12.0. The zero-order chi connectivity index (χ0) is 15.4. The zero-order valence-electron chi connectivity index (χ0n) is 12.5. The Balaban J connectivity index is 1.60. The van der Waals surface area contributed by atoms with Crippen LogP contribution in [0.25, 0.3) is 0 Å². The van der Waals surface area contributed by atoms with Crippen LogP contribution in [0, 0.1) is 0 Å². The summed E-state index contributed by atoms with van der Waals surface area (Å²) >= 11 is 0. The van der Waals surface area contributed by atoms with Gasteiger partial charge < -0.3 is 9.88 Å². The highest BCUT2D eigenvalue weighted by Gasteiger charge is 2.20. The van der Waals surface area contributed by atoms with E-state index in [1.54, 1.807) is 18.3 Å². The molecule has 1 heterocycles. The molecule has 3 rings (SSSR count). The molecule has 1 aliphatic carbocycles. The van der Waals surface area contributed by atoms with Crippen molar-refractivity contribution in [2.75, 3.05) is 6.54 Å². The summed E-state index contributed by atoms with van der Waals surface area (Å²) in [5.74, 6) is 0.262. The van der Waals surface area contributed by atoms with E-state index in [2.05, 4.69) is 29.6 Å². The highest BCUT2D eigenvalue weighted by atomic mass is 16.2. The number of fused-ring (bicyclic) bond motifs is 1. The third-order valence-corrected chi connectivity index (χ3v) is 4.25. The molecule has 0 spiro atoms. The van der Waals surface area contributed by atoms with Crippen molar-refractivity contribution < 1.29 is 4.79 Å². The first-order valence-corrected chi connectivity index (χ1v) is 7.74. The maximum Gasteiger partial charge on any atom is 0.250 e. The summed E-state index contributed by atoms with van der Waals surface area (Å²) in [6.45, 7) is 0.714. The summed E-state index contributed by atoms with van der Waals surface area (Å²) in [6.07, 6.45) is 5.02. The minimum atomic E-state index is -0.152. The summed E-state index contributed by atoms with van der Waals surface area (Å²) in [5, 5.41) is 2.97. The molecule has 114 valence electrons. The number of benzene rings is 1. The van der Waals surface area contributed by atoms with Crippen molar-refractivity contribution in [1.29, 1.82) is 0 Å². The fraction of sp³-hybridized carbons (Fsp3) is 0.333. The summed E-state index contributed by atoms with van der Waals surface area (Å²) in [4.78, 5) is 23.7. The number of hydrogen-bond donors (Lipinski definition) is 1. The van der Waals surface area contributed by atoms with Gasteiger partial charge in [-0.2, -0.15) is 0 Å². The fourth-order valence-corrected chi connectivity index (χ4v) is 3.11. The highest BCUT2D eigenvalue weighted by molar-refractivity contribution is 5.75. The number of amides is 1. The van der Waals surface area contributed by atoms with Gasteiger partial charge in [0.05, 0.1) is 0 Å². The van der Waals surface area contributed by atoms with Crippen molar-refractivity contribution >= 4 is 5.91 Å². The van der Waals surface area contributed by atoms with E-state index in [-0.39, 0.29) is 18.0 Å². The standard InChI is InChI=1S/C18H20N2O2/c21-17(13-20-11-4-3-10-18(20)22)19-12-15-8-5-7-14-6-1-2-9-16(14)15/h1-4,6,9-11,15H,5,7-8,12-13H2,(H,19,21). The van der Waals surface area contributed by atoms with Crippen LogP contribution >= 0.6 is 0 Å². The molecule has 1 aromatic heterocycles. The Morgan fingerprint density at radius 1 is 1.18 bits per heavy atom. The normalized spacial score (nSPS) is 16.8. The van der Waals surface area contributed by atoms with Crippen LogP contribution in [0.2, 0.25) is 0 Å². The smallest absolute Gasteiger partial charge is 0.250 e. The topological polar surface area (TPSA) is 51.1 Å². The second kappa shape index (κ2) is 6.60. The summed E-state index contributed by atoms with van der Waals surface area (Å²) in [7, 11) is 0. The van der Waals surface area contributed by atoms with Crippen molar-refractivity contribution in [2.24, 2.45) is 0 Å². The predicted octanol–water partition coefficient (Wildman–Crippen LogP) is 2.08. The van der Waals surface area contributed by atoms with E-state index in [9.17, 15) is 9.59 Å². The lowest BCUT2D eigenvalue weighted by Gasteiger charge is -2.25. The SMILES string of the molecule is O=C(Cn1ccccc1=O)NCC1CCCc2ccccc21. The highest BCUT2D eigenvalue weighted by Crippen LogP contribution is 2.30. The number of aromatic nitrogens is 1. The van der Waals surface area contributed by atoms with Gasteiger partial charge in [0, 0.05) is 24.7 Å². The Morgan fingerprint density at radius 2 is 2.00 bits per heavy atom. The van der Waals surface area contributed by atoms with E-state index in [0.29, 0.717) is 12.5 Å². The lowest BCUT2D eigenvalue weighted by Crippen LogP contribution is -2.34. The lowest BCUT2D eigenvalue weighted by atomic mass is 9.83. The predicted molar refractivity (Wildman–Crippen MR) is 85.8 cm³/mol. The van der Waals surface area contributed by atoms with Crippen molar-refractivity contribution in [3.05, 3.63) is 70.1 Å². The quantitative estimate of drug-likeness (QED) is 0.939. The van der Waals surface area contributed by atoms with Gasteiger partial charge in [0.2, 0.25) is 5.91 Å². The van der Waals surface area contributed by atoms with Crippen LogP contribution in [0.15, 0.2) is 53.5 Å². The summed E-state index contributed by atoms with van der Waals surface area (Å²) in [5.41, 5.74) is 2.60. The monoisotopic (exact) mass is 296 g/mol. The molecule has 1 amide bonds. The average molecular weight is 296 g/mol. The van der Waals surface area contributed by atoms with Crippen LogP contribution in [0.4, 0.5) is 0 Å². The van der Waals surface area contributed by atoms with Gasteiger partial charge in [-0.1, -0.05) is 30.3 Å². The molecule has 0 aliphatic heterocycles. The molecule has 0 bridgehead atoms. The maximum absolute atomic E-state index is 12.0. The number of aryl methyl sites for hydroxylation is 1. The molecule has 2 aromatic rings. The van der Waals surface area contributed by atoms with Gasteiger partial charge >= 0.3 is 0 Å². The first kappa shape index (κ1) is 14.6.